The molecule has 4 heterocycles. The van der Waals surface area contributed by atoms with Crippen molar-refractivity contribution in [3.63, 3.8) is 0 Å². The van der Waals surface area contributed by atoms with Gasteiger partial charge in [0.25, 0.3) is 11.8 Å². The Morgan fingerprint density at radius 1 is 0.730 bits per heavy atom. The number of hydrogen-bond donors (Lipinski definition) is 0. The van der Waals surface area contributed by atoms with Crippen LogP contribution in [0.4, 0.5) is 5.69 Å². The van der Waals surface area contributed by atoms with E-state index in [1.165, 1.54) is 25.4 Å². The number of allylic oxidation sites excluding steroid dienone is 2. The minimum absolute atomic E-state index is 0.0158. The average Bonchev–Trinajstić information content (AvgIpc) is 4.02. The highest BCUT2D eigenvalue weighted by Gasteiger charge is 2.35. The van der Waals surface area contributed by atoms with Gasteiger partial charge in [-0.15, -0.1) is 0 Å². The van der Waals surface area contributed by atoms with E-state index in [1.54, 1.807) is 44.5 Å². The van der Waals surface area contributed by atoms with E-state index < -0.39 is 0 Å². The molecule has 3 aromatic rings. The van der Waals surface area contributed by atoms with Gasteiger partial charge in [-0.1, -0.05) is 23.3 Å². The lowest BCUT2D eigenvalue weighted by atomic mass is 10.1. The van der Waals surface area contributed by atoms with Crippen molar-refractivity contribution in [2.24, 2.45) is 9.98 Å². The minimum atomic E-state index is -0.130. The second-order valence-electron chi connectivity index (χ2n) is 17.7. The largest absolute Gasteiger partial charge is 0.493 e. The number of pyridine rings is 1. The summed E-state index contributed by atoms with van der Waals surface area (Å²) in [6.07, 6.45) is 11.3. The molecule has 0 saturated carbocycles. The fraction of sp³-hybridized carbons (Fsp3) is 0.527. The number of aldehydes is 1. The zero-order valence-corrected chi connectivity index (χ0v) is 43.9. The summed E-state index contributed by atoms with van der Waals surface area (Å²) in [4.78, 5) is 58.4. The van der Waals surface area contributed by atoms with Gasteiger partial charge >= 0.3 is 0 Å². The second kappa shape index (κ2) is 30.9. The van der Waals surface area contributed by atoms with Crippen molar-refractivity contribution in [2.45, 2.75) is 64.8 Å². The maximum atomic E-state index is 13.8. The SMILES string of the molecule is C/C=C1\CC2C=Nc3cc(OCc4cc(OCCN(CCCC=O)CCOCCOCCOCCOCCOC)cc(COc5ccc(C(=O)N6C/C(=C/C)C[C@H]6/C=N\C)cc5OC)n4)c(OC)cc3C(=O)N2C1. The van der Waals surface area contributed by atoms with Gasteiger partial charge < -0.3 is 62.0 Å². The molecule has 19 nitrogen and oxygen atoms in total. The Hall–Kier alpha value is -6.22. The predicted molar refractivity (Wildman–Crippen MR) is 280 cm³/mol. The average molecular weight is 1030 g/mol. The third-order valence-corrected chi connectivity index (χ3v) is 12.7. The van der Waals surface area contributed by atoms with E-state index in [-0.39, 0.29) is 37.1 Å². The van der Waals surface area contributed by atoms with Crippen molar-refractivity contribution in [1.82, 2.24) is 19.7 Å². The van der Waals surface area contributed by atoms with E-state index in [0.29, 0.717) is 169 Å². The summed E-state index contributed by atoms with van der Waals surface area (Å²) in [7, 11) is 6.41. The van der Waals surface area contributed by atoms with Gasteiger partial charge in [0.2, 0.25) is 0 Å². The summed E-state index contributed by atoms with van der Waals surface area (Å²) in [5.74, 6) is 1.89. The van der Waals surface area contributed by atoms with E-state index in [2.05, 4.69) is 16.0 Å². The molecule has 0 radical (unpaired) electrons. The van der Waals surface area contributed by atoms with E-state index in [1.807, 2.05) is 54.3 Å². The summed E-state index contributed by atoms with van der Waals surface area (Å²) in [5, 5.41) is 0. The van der Waals surface area contributed by atoms with Crippen molar-refractivity contribution < 1.29 is 61.8 Å². The molecule has 2 fully saturated rings. The normalized spacial score (nSPS) is 17.4. The van der Waals surface area contributed by atoms with Crippen LogP contribution in [0, 0.1) is 0 Å². The number of ether oxygens (including phenoxy) is 10. The molecular weight excluding hydrogens is 953 g/mol. The number of carbonyl (C=O) groups excluding carboxylic acids is 3. The molecule has 1 aromatic heterocycles. The zero-order chi connectivity index (χ0) is 52.5. The molecule has 3 aliphatic heterocycles. The molecule has 0 spiro atoms. The van der Waals surface area contributed by atoms with Crippen LogP contribution in [0.5, 0.6) is 28.7 Å². The number of aromatic nitrogens is 1. The van der Waals surface area contributed by atoms with Crippen LogP contribution in [0.1, 0.15) is 71.6 Å². The summed E-state index contributed by atoms with van der Waals surface area (Å²) >= 11 is 0. The quantitative estimate of drug-likeness (QED) is 0.0283. The third kappa shape index (κ3) is 16.9. The van der Waals surface area contributed by atoms with Gasteiger partial charge in [-0.2, -0.15) is 0 Å². The monoisotopic (exact) mass is 1030 g/mol. The van der Waals surface area contributed by atoms with Crippen LogP contribution in [0.15, 0.2) is 75.7 Å². The molecule has 2 amide bonds. The van der Waals surface area contributed by atoms with Gasteiger partial charge in [0.05, 0.1) is 108 Å². The number of carbonyl (C=O) groups is 3. The Morgan fingerprint density at radius 2 is 1.36 bits per heavy atom. The molecule has 3 aliphatic rings. The summed E-state index contributed by atoms with van der Waals surface area (Å²) in [6.45, 7) is 11.7. The topological polar surface area (TPSA) is 191 Å². The van der Waals surface area contributed by atoms with Crippen LogP contribution in [0.25, 0.3) is 0 Å². The fourth-order valence-electron chi connectivity index (χ4n) is 8.64. The van der Waals surface area contributed by atoms with Crippen LogP contribution < -0.4 is 23.7 Å². The standard InChI is InChI=1S/C55H74N6O13/c1-7-40-27-45(34-56-3)60(36-40)54(63)42-11-12-50(51(29-42)66-5)73-38-43-30-47(72-18-15-59(13-9-10-16-62)14-17-68-21-22-70-25-26-71-24-23-69-20-19-65-4)31-44(58-43)39-74-53-33-49-48(32-52(53)67-6)55(64)61-37-41(8-2)28-46(61)35-57-49/h7-8,11-12,16,29-35,45-46H,9-10,13-15,17-28,36-39H2,1-6H3/b40-7+,41-8+,56-34-/t45-,46?/m0/s1. The van der Waals surface area contributed by atoms with E-state index >= 15 is 0 Å². The maximum Gasteiger partial charge on any atom is 0.257 e. The first-order valence-corrected chi connectivity index (χ1v) is 25.3. The Bertz CT molecular complexity index is 2410. The van der Waals surface area contributed by atoms with Crippen LogP contribution in [-0.2, 0) is 41.7 Å². The number of hydrogen-bond acceptors (Lipinski definition) is 17. The first-order chi connectivity index (χ1) is 36.2. The predicted octanol–water partition coefficient (Wildman–Crippen LogP) is 6.37. The molecule has 0 aliphatic carbocycles. The number of nitrogens with zero attached hydrogens (tertiary/aromatic N) is 6. The van der Waals surface area contributed by atoms with Gasteiger partial charge in [-0.05, 0) is 63.9 Å². The Labute approximate surface area is 435 Å². The first-order valence-electron chi connectivity index (χ1n) is 25.3. The van der Waals surface area contributed by atoms with Gasteiger partial charge in [-0.25, -0.2) is 0 Å². The van der Waals surface area contributed by atoms with E-state index in [0.717, 1.165) is 19.1 Å². The molecule has 2 atom stereocenters. The lowest BCUT2D eigenvalue weighted by Gasteiger charge is -2.22. The molecule has 402 valence electrons. The van der Waals surface area contributed by atoms with E-state index in [9.17, 15) is 14.4 Å². The van der Waals surface area contributed by atoms with Crippen LogP contribution in [-0.4, -0.2) is 189 Å². The number of aliphatic imine (C=N–C) groups is 2. The minimum Gasteiger partial charge on any atom is -0.493 e. The molecule has 0 N–H and O–H groups in total. The van der Waals surface area contributed by atoms with Crippen LogP contribution >= 0.6 is 0 Å². The molecule has 0 bridgehead atoms. The highest BCUT2D eigenvalue weighted by Crippen LogP contribution is 2.39. The Kier molecular flexibility index (Phi) is 23.8. The summed E-state index contributed by atoms with van der Waals surface area (Å²) in [6, 6.07) is 11.9. The lowest BCUT2D eigenvalue weighted by Crippen LogP contribution is -2.36. The van der Waals surface area contributed by atoms with Crippen molar-refractivity contribution in [3.8, 4) is 28.7 Å². The molecule has 1 unspecified atom stereocenters. The van der Waals surface area contributed by atoms with Gasteiger partial charge in [-0.3, -0.25) is 29.5 Å². The molecule has 2 aromatic carbocycles. The number of likely N-dealkylation sites (tertiary alicyclic amines) is 1. The second-order valence-corrected chi connectivity index (χ2v) is 17.7. The van der Waals surface area contributed by atoms with E-state index in [4.69, 9.17) is 57.3 Å². The third-order valence-electron chi connectivity index (χ3n) is 12.7. The maximum absolute atomic E-state index is 13.8. The first kappa shape index (κ1) is 57.1. The van der Waals surface area contributed by atoms with Crippen molar-refractivity contribution in [1.29, 1.82) is 0 Å². The highest BCUT2D eigenvalue weighted by atomic mass is 16.6. The van der Waals surface area contributed by atoms with Crippen molar-refractivity contribution in [3.05, 3.63) is 88.3 Å². The smallest absolute Gasteiger partial charge is 0.257 e. The number of amides is 2. The number of rotatable bonds is 33. The molecule has 6 rings (SSSR count). The summed E-state index contributed by atoms with van der Waals surface area (Å²) in [5.41, 5.74) is 4.86. The fourth-order valence-corrected chi connectivity index (χ4v) is 8.64. The molecular formula is C55H74N6O13. The number of unbranched alkanes of at least 4 members (excludes halogenated alkanes) is 1. The van der Waals surface area contributed by atoms with Crippen LogP contribution in [0.2, 0.25) is 0 Å². The van der Waals surface area contributed by atoms with Gasteiger partial charge in [0.15, 0.2) is 23.0 Å². The number of fused-ring (bicyclic) bond motifs is 2. The molecule has 74 heavy (non-hydrogen) atoms. The Morgan fingerprint density at radius 3 is 2.01 bits per heavy atom. The van der Waals surface area contributed by atoms with Crippen molar-refractivity contribution >= 4 is 36.2 Å². The number of methoxy groups -OCH3 is 3. The Balaban J connectivity index is 1.12. The zero-order valence-electron chi connectivity index (χ0n) is 43.9. The highest BCUT2D eigenvalue weighted by molar-refractivity contribution is 6.04. The molecule has 19 heteroatoms. The lowest BCUT2D eigenvalue weighted by molar-refractivity contribution is -0.108. The van der Waals surface area contributed by atoms with Gasteiger partial charge in [0.1, 0.15) is 31.9 Å². The molecule has 2 saturated heterocycles. The summed E-state index contributed by atoms with van der Waals surface area (Å²) < 4.78 is 58.0. The van der Waals surface area contributed by atoms with Gasteiger partial charge in [0, 0.05) is 82.9 Å². The van der Waals surface area contributed by atoms with Crippen LogP contribution in [0.3, 0.4) is 0 Å². The number of benzene rings is 2. The van der Waals surface area contributed by atoms with Crippen molar-refractivity contribution in [2.75, 3.05) is 127 Å².